The van der Waals surface area contributed by atoms with Gasteiger partial charge in [-0.05, 0) is 54.4 Å². The molecule has 5 rings (SSSR count). The molecular formula is C25H35F2N5O3S. The summed E-state index contributed by atoms with van der Waals surface area (Å²) in [4.78, 5) is 13.2. The van der Waals surface area contributed by atoms with Crippen LogP contribution < -0.4 is 9.64 Å². The minimum atomic E-state index is -3.22. The molecule has 0 bridgehead atoms. The van der Waals surface area contributed by atoms with Crippen molar-refractivity contribution in [2.45, 2.75) is 38.8 Å². The zero-order chi connectivity index (χ0) is 25.4. The maximum Gasteiger partial charge on any atom is 0.225 e. The van der Waals surface area contributed by atoms with Gasteiger partial charge < -0.3 is 9.64 Å². The van der Waals surface area contributed by atoms with Crippen molar-refractivity contribution in [1.29, 1.82) is 0 Å². The molecule has 1 aromatic carbocycles. The van der Waals surface area contributed by atoms with Gasteiger partial charge in [0, 0.05) is 59.6 Å². The van der Waals surface area contributed by atoms with Crippen LogP contribution in [0.3, 0.4) is 0 Å². The molecule has 36 heavy (non-hydrogen) atoms. The summed E-state index contributed by atoms with van der Waals surface area (Å²) in [6.07, 6.45) is 7.11. The van der Waals surface area contributed by atoms with Crippen LogP contribution >= 0.6 is 0 Å². The maximum atomic E-state index is 14.9. The van der Waals surface area contributed by atoms with Crippen molar-refractivity contribution in [3.8, 4) is 5.75 Å². The highest BCUT2D eigenvalue weighted by Gasteiger charge is 2.43. The lowest BCUT2D eigenvalue weighted by atomic mass is 10.0. The highest BCUT2D eigenvalue weighted by Crippen LogP contribution is 2.41. The van der Waals surface area contributed by atoms with Gasteiger partial charge in [-0.2, -0.15) is 4.31 Å². The number of nitrogens with zero attached hydrogens (tertiary/aromatic N) is 5. The van der Waals surface area contributed by atoms with Crippen LogP contribution in [0.2, 0.25) is 0 Å². The Balaban J connectivity index is 0.00000320. The first kappa shape index (κ1) is 25.3. The number of aromatic nitrogens is 2. The summed E-state index contributed by atoms with van der Waals surface area (Å²) < 4.78 is 60.4. The Bertz CT molecular complexity index is 1160. The molecule has 2 unspecified atom stereocenters. The standard InChI is InChI=1S/C25H33F2N5O3S.H2/c1-3-17-12-28-25(29-13-17)31-15-19-10-21(11-20(19)16-31)35-24-22(26)8-18(9-23(24)27)14-30-4-6-32(7-5-30)36(2,33)34;/h8-9,12-13,19-21H,3-7,10-11,14-16H2,1-2H3;1H/t19-,20?,21?;/m0./s1. The second-order valence-corrected chi connectivity index (χ2v) is 12.2. The number of ether oxygens (including phenoxy) is 1. The fourth-order valence-electron chi connectivity index (χ4n) is 5.66. The SMILES string of the molecule is CCc1cnc(N2CC3CC(Oc4c(F)cc(CN5CCN(S(C)(=O)=O)CC5)cc4F)C[C@H]3C2)nc1.[HH]. The zero-order valence-corrected chi connectivity index (χ0v) is 21.6. The van der Waals surface area contributed by atoms with Crippen LogP contribution in [0.25, 0.3) is 0 Å². The van der Waals surface area contributed by atoms with Crippen LogP contribution in [0, 0.1) is 23.5 Å². The summed E-state index contributed by atoms with van der Waals surface area (Å²) in [6, 6.07) is 2.66. The smallest absolute Gasteiger partial charge is 0.225 e. The van der Waals surface area contributed by atoms with Crippen molar-refractivity contribution in [2.24, 2.45) is 11.8 Å². The highest BCUT2D eigenvalue weighted by atomic mass is 32.2. The van der Waals surface area contributed by atoms with Gasteiger partial charge in [-0.15, -0.1) is 0 Å². The number of sulfonamides is 1. The van der Waals surface area contributed by atoms with E-state index in [9.17, 15) is 17.2 Å². The molecule has 2 aliphatic heterocycles. The molecule has 0 N–H and O–H groups in total. The number of piperazine rings is 1. The molecule has 1 saturated carbocycles. The number of fused-ring (bicyclic) bond motifs is 1. The van der Waals surface area contributed by atoms with E-state index in [4.69, 9.17) is 4.74 Å². The van der Waals surface area contributed by atoms with Gasteiger partial charge >= 0.3 is 0 Å². The van der Waals surface area contributed by atoms with E-state index >= 15 is 0 Å². The van der Waals surface area contributed by atoms with Gasteiger partial charge in [0.1, 0.15) is 0 Å². The van der Waals surface area contributed by atoms with Gasteiger partial charge in [-0.1, -0.05) is 6.92 Å². The van der Waals surface area contributed by atoms with E-state index in [1.165, 1.54) is 22.7 Å². The van der Waals surface area contributed by atoms with Gasteiger partial charge in [-0.3, -0.25) is 4.90 Å². The van der Waals surface area contributed by atoms with Crippen molar-refractivity contribution in [2.75, 3.05) is 50.4 Å². The predicted octanol–water partition coefficient (Wildman–Crippen LogP) is 2.93. The Morgan fingerprint density at radius 3 is 2.11 bits per heavy atom. The average molecular weight is 524 g/mol. The molecule has 0 spiro atoms. The number of aryl methyl sites for hydroxylation is 1. The number of hydrogen-bond acceptors (Lipinski definition) is 7. The molecular weight excluding hydrogens is 488 g/mol. The third-order valence-electron chi connectivity index (χ3n) is 7.64. The number of halogens is 2. The molecule has 3 aliphatic rings. The fraction of sp³-hybridized carbons (Fsp3) is 0.600. The Morgan fingerprint density at radius 2 is 1.58 bits per heavy atom. The van der Waals surface area contributed by atoms with Gasteiger partial charge in [0.2, 0.25) is 16.0 Å². The Kier molecular flexibility index (Phi) is 7.15. The van der Waals surface area contributed by atoms with Gasteiger partial charge in [0.05, 0.1) is 12.4 Å². The van der Waals surface area contributed by atoms with Crippen LogP contribution in [0.15, 0.2) is 24.5 Å². The maximum absolute atomic E-state index is 14.9. The lowest BCUT2D eigenvalue weighted by Crippen LogP contribution is -2.47. The molecule has 2 aromatic rings. The van der Waals surface area contributed by atoms with E-state index in [0.717, 1.165) is 43.9 Å². The Morgan fingerprint density at radius 1 is 1.00 bits per heavy atom. The molecule has 11 heteroatoms. The second kappa shape index (κ2) is 10.2. The first-order chi connectivity index (χ1) is 17.2. The van der Waals surface area contributed by atoms with Crippen LogP contribution in [0.5, 0.6) is 5.75 Å². The predicted molar refractivity (Wildman–Crippen MR) is 134 cm³/mol. The molecule has 3 fully saturated rings. The second-order valence-electron chi connectivity index (χ2n) is 10.2. The fourth-order valence-corrected chi connectivity index (χ4v) is 6.48. The van der Waals surface area contributed by atoms with Crippen LogP contribution in [-0.4, -0.2) is 79.2 Å². The van der Waals surface area contributed by atoms with E-state index in [1.54, 1.807) is 0 Å². The van der Waals surface area contributed by atoms with Crippen molar-refractivity contribution < 1.29 is 23.4 Å². The number of benzene rings is 1. The Labute approximate surface area is 212 Å². The first-order valence-electron chi connectivity index (χ1n) is 12.6. The monoisotopic (exact) mass is 523 g/mol. The average Bonchev–Trinajstić information content (AvgIpc) is 3.40. The first-order valence-corrected chi connectivity index (χ1v) is 14.4. The third-order valence-corrected chi connectivity index (χ3v) is 8.94. The lowest BCUT2D eigenvalue weighted by Gasteiger charge is -2.33. The third kappa shape index (κ3) is 5.47. The molecule has 3 heterocycles. The minimum Gasteiger partial charge on any atom is -0.484 e. The van der Waals surface area contributed by atoms with Gasteiger partial charge in [0.15, 0.2) is 17.4 Å². The summed E-state index contributed by atoms with van der Waals surface area (Å²) in [5, 5.41) is 0. The number of rotatable bonds is 7. The summed E-state index contributed by atoms with van der Waals surface area (Å²) in [7, 11) is -3.22. The molecule has 8 nitrogen and oxygen atoms in total. The minimum absolute atomic E-state index is 0. The lowest BCUT2D eigenvalue weighted by molar-refractivity contribution is 0.177. The largest absolute Gasteiger partial charge is 0.484 e. The van der Waals surface area contributed by atoms with Crippen molar-refractivity contribution in [1.82, 2.24) is 19.2 Å². The molecule has 1 aromatic heterocycles. The van der Waals surface area contributed by atoms with E-state index < -0.39 is 21.7 Å². The van der Waals surface area contributed by atoms with Crippen molar-refractivity contribution >= 4 is 16.0 Å². The summed E-state index contributed by atoms with van der Waals surface area (Å²) in [5.41, 5.74) is 1.62. The normalized spacial score (nSPS) is 25.3. The molecule has 1 aliphatic carbocycles. The van der Waals surface area contributed by atoms with Crippen LogP contribution in [0.1, 0.15) is 32.3 Å². The van der Waals surface area contributed by atoms with Crippen LogP contribution in [-0.2, 0) is 23.0 Å². The van der Waals surface area contributed by atoms with E-state index in [-0.39, 0.29) is 13.3 Å². The zero-order valence-electron chi connectivity index (χ0n) is 20.7. The Hall–Kier alpha value is -2.37. The number of anilines is 1. The summed E-state index contributed by atoms with van der Waals surface area (Å²) >= 11 is 0. The molecule has 3 atom stereocenters. The molecule has 0 amide bonds. The molecule has 2 saturated heterocycles. The van der Waals surface area contributed by atoms with Gasteiger partial charge in [-0.25, -0.2) is 27.2 Å². The molecule has 0 radical (unpaired) electrons. The van der Waals surface area contributed by atoms with E-state index in [1.807, 2.05) is 17.3 Å². The van der Waals surface area contributed by atoms with E-state index in [2.05, 4.69) is 21.8 Å². The van der Waals surface area contributed by atoms with Crippen molar-refractivity contribution in [3.05, 3.63) is 47.3 Å². The highest BCUT2D eigenvalue weighted by molar-refractivity contribution is 7.88. The quantitative estimate of drug-likeness (QED) is 0.552. The topological polar surface area (TPSA) is 78.9 Å². The van der Waals surface area contributed by atoms with Crippen LogP contribution in [0.4, 0.5) is 14.7 Å². The van der Waals surface area contributed by atoms with Gasteiger partial charge in [0.25, 0.3) is 0 Å². The summed E-state index contributed by atoms with van der Waals surface area (Å²) in [5.74, 6) is -0.169. The van der Waals surface area contributed by atoms with E-state index in [0.29, 0.717) is 50.1 Å². The number of hydrogen-bond donors (Lipinski definition) is 0. The summed E-state index contributed by atoms with van der Waals surface area (Å²) in [6.45, 7) is 5.87. The molecule has 198 valence electrons. The van der Waals surface area contributed by atoms with Crippen molar-refractivity contribution in [3.63, 3.8) is 0 Å².